The van der Waals surface area contributed by atoms with Crippen molar-refractivity contribution in [1.82, 2.24) is 4.98 Å². The van der Waals surface area contributed by atoms with E-state index in [4.69, 9.17) is 0 Å². The van der Waals surface area contributed by atoms with Crippen molar-refractivity contribution in [3.63, 3.8) is 0 Å². The number of rotatable bonds is 3. The fourth-order valence-corrected chi connectivity index (χ4v) is 2.42. The molecule has 0 aliphatic heterocycles. The standard InChI is InChI=1S/C13H19NO/c15-13(11-6-2-1-3-7-11)10-12-8-4-5-9-14-12/h4-5,8-9,11,13,15H,1-3,6-7,10H2. The first-order valence-corrected chi connectivity index (χ1v) is 5.94. The Kier molecular flexibility index (Phi) is 3.73. The highest BCUT2D eigenvalue weighted by Crippen LogP contribution is 2.27. The van der Waals surface area contributed by atoms with E-state index < -0.39 is 0 Å². The summed E-state index contributed by atoms with van der Waals surface area (Å²) in [4.78, 5) is 4.25. The third-order valence-corrected chi connectivity index (χ3v) is 3.34. The van der Waals surface area contributed by atoms with Crippen LogP contribution >= 0.6 is 0 Å². The number of pyridine rings is 1. The molecule has 1 aromatic heterocycles. The van der Waals surface area contributed by atoms with Crippen LogP contribution in [0.15, 0.2) is 24.4 Å². The number of aliphatic hydroxyl groups is 1. The molecule has 2 rings (SSSR count). The number of hydrogen-bond donors (Lipinski definition) is 1. The van der Waals surface area contributed by atoms with Gasteiger partial charge in [0.15, 0.2) is 0 Å². The van der Waals surface area contributed by atoms with Crippen molar-refractivity contribution in [3.05, 3.63) is 30.1 Å². The van der Waals surface area contributed by atoms with E-state index in [9.17, 15) is 5.11 Å². The molecule has 0 radical (unpaired) electrons. The van der Waals surface area contributed by atoms with Crippen molar-refractivity contribution < 1.29 is 5.11 Å². The number of nitrogens with zero attached hydrogens (tertiary/aromatic N) is 1. The lowest BCUT2D eigenvalue weighted by atomic mass is 9.84. The van der Waals surface area contributed by atoms with Gasteiger partial charge >= 0.3 is 0 Å². The minimum Gasteiger partial charge on any atom is -0.392 e. The summed E-state index contributed by atoms with van der Waals surface area (Å²) in [6.07, 6.45) is 8.59. The maximum atomic E-state index is 10.1. The molecule has 2 heteroatoms. The molecule has 0 amide bonds. The maximum absolute atomic E-state index is 10.1. The molecular formula is C13H19NO. The van der Waals surface area contributed by atoms with Crippen LogP contribution in [0.2, 0.25) is 0 Å². The summed E-state index contributed by atoms with van der Waals surface area (Å²) in [7, 11) is 0. The molecule has 15 heavy (non-hydrogen) atoms. The van der Waals surface area contributed by atoms with Crippen LogP contribution < -0.4 is 0 Å². The van der Waals surface area contributed by atoms with Crippen molar-refractivity contribution >= 4 is 0 Å². The molecule has 1 aromatic rings. The minimum atomic E-state index is -0.194. The second-order valence-corrected chi connectivity index (χ2v) is 4.49. The second kappa shape index (κ2) is 5.26. The summed E-state index contributed by atoms with van der Waals surface area (Å²) in [5.41, 5.74) is 1.01. The van der Waals surface area contributed by atoms with E-state index in [-0.39, 0.29) is 6.10 Å². The summed E-state index contributed by atoms with van der Waals surface area (Å²) in [5, 5.41) is 10.1. The predicted octanol–water partition coefficient (Wildman–Crippen LogP) is 2.57. The zero-order chi connectivity index (χ0) is 10.5. The molecular weight excluding hydrogens is 186 g/mol. The Bertz CT molecular complexity index is 280. The SMILES string of the molecule is OC(Cc1ccccn1)C1CCCCC1. The van der Waals surface area contributed by atoms with Crippen molar-refractivity contribution in [1.29, 1.82) is 0 Å². The van der Waals surface area contributed by atoms with Crippen LogP contribution in [0.3, 0.4) is 0 Å². The number of aliphatic hydroxyl groups excluding tert-OH is 1. The molecule has 2 nitrogen and oxygen atoms in total. The van der Waals surface area contributed by atoms with Crippen LogP contribution in [0.25, 0.3) is 0 Å². The van der Waals surface area contributed by atoms with E-state index in [1.54, 1.807) is 6.20 Å². The summed E-state index contributed by atoms with van der Waals surface area (Å²) in [6.45, 7) is 0. The molecule has 1 aliphatic rings. The fourth-order valence-electron chi connectivity index (χ4n) is 2.42. The van der Waals surface area contributed by atoms with Crippen molar-refractivity contribution in [2.75, 3.05) is 0 Å². The highest BCUT2D eigenvalue weighted by Gasteiger charge is 2.21. The highest BCUT2D eigenvalue weighted by atomic mass is 16.3. The van der Waals surface area contributed by atoms with Gasteiger partial charge in [-0.1, -0.05) is 25.3 Å². The normalized spacial score (nSPS) is 20.1. The zero-order valence-corrected chi connectivity index (χ0v) is 9.10. The van der Waals surface area contributed by atoms with Crippen LogP contribution in [-0.2, 0) is 6.42 Å². The zero-order valence-electron chi connectivity index (χ0n) is 9.10. The number of hydrogen-bond acceptors (Lipinski definition) is 2. The Balaban J connectivity index is 1.88. The van der Waals surface area contributed by atoms with Crippen LogP contribution in [0.1, 0.15) is 37.8 Å². The van der Waals surface area contributed by atoms with Gasteiger partial charge in [0.1, 0.15) is 0 Å². The lowest BCUT2D eigenvalue weighted by molar-refractivity contribution is 0.0843. The van der Waals surface area contributed by atoms with E-state index in [0.29, 0.717) is 12.3 Å². The monoisotopic (exact) mass is 205 g/mol. The van der Waals surface area contributed by atoms with E-state index in [0.717, 1.165) is 5.69 Å². The molecule has 1 saturated carbocycles. The first-order chi connectivity index (χ1) is 7.36. The smallest absolute Gasteiger partial charge is 0.0623 e. The molecule has 1 heterocycles. The molecule has 1 fully saturated rings. The van der Waals surface area contributed by atoms with E-state index in [1.165, 1.54) is 32.1 Å². The Labute approximate surface area is 91.4 Å². The Hall–Kier alpha value is -0.890. The quantitative estimate of drug-likeness (QED) is 0.822. The van der Waals surface area contributed by atoms with E-state index >= 15 is 0 Å². The maximum Gasteiger partial charge on any atom is 0.0623 e. The van der Waals surface area contributed by atoms with E-state index in [2.05, 4.69) is 4.98 Å². The Morgan fingerprint density at radius 1 is 1.27 bits per heavy atom. The molecule has 1 aliphatic carbocycles. The third kappa shape index (κ3) is 3.03. The van der Waals surface area contributed by atoms with Crippen LogP contribution in [-0.4, -0.2) is 16.2 Å². The summed E-state index contributed by atoms with van der Waals surface area (Å²) in [6, 6.07) is 5.89. The second-order valence-electron chi connectivity index (χ2n) is 4.49. The first-order valence-electron chi connectivity index (χ1n) is 5.94. The average molecular weight is 205 g/mol. The summed E-state index contributed by atoms with van der Waals surface area (Å²) < 4.78 is 0. The Morgan fingerprint density at radius 2 is 2.07 bits per heavy atom. The van der Waals surface area contributed by atoms with Gasteiger partial charge in [0.05, 0.1) is 6.10 Å². The van der Waals surface area contributed by atoms with E-state index in [1.807, 2.05) is 18.2 Å². The lowest BCUT2D eigenvalue weighted by Gasteiger charge is -2.26. The minimum absolute atomic E-state index is 0.194. The van der Waals surface area contributed by atoms with Crippen molar-refractivity contribution in [3.8, 4) is 0 Å². The average Bonchev–Trinajstić information content (AvgIpc) is 2.31. The van der Waals surface area contributed by atoms with Gasteiger partial charge in [0, 0.05) is 18.3 Å². The van der Waals surface area contributed by atoms with Crippen molar-refractivity contribution in [2.45, 2.75) is 44.6 Å². The number of aromatic nitrogens is 1. The Morgan fingerprint density at radius 3 is 2.73 bits per heavy atom. The summed E-state index contributed by atoms with van der Waals surface area (Å²) in [5.74, 6) is 0.501. The summed E-state index contributed by atoms with van der Waals surface area (Å²) >= 11 is 0. The molecule has 0 bridgehead atoms. The molecule has 0 aromatic carbocycles. The van der Waals surface area contributed by atoms with Gasteiger partial charge in [-0.05, 0) is 30.9 Å². The molecule has 1 N–H and O–H groups in total. The van der Waals surface area contributed by atoms with Gasteiger partial charge in [-0.15, -0.1) is 0 Å². The highest BCUT2D eigenvalue weighted by molar-refractivity contribution is 5.05. The first kappa shape index (κ1) is 10.6. The molecule has 1 unspecified atom stereocenters. The third-order valence-electron chi connectivity index (χ3n) is 3.34. The van der Waals surface area contributed by atoms with Gasteiger partial charge in [-0.3, -0.25) is 4.98 Å². The topological polar surface area (TPSA) is 33.1 Å². The van der Waals surface area contributed by atoms with Gasteiger partial charge < -0.3 is 5.11 Å². The van der Waals surface area contributed by atoms with Gasteiger partial charge in [-0.25, -0.2) is 0 Å². The van der Waals surface area contributed by atoms with Gasteiger partial charge in [0.2, 0.25) is 0 Å². The molecule has 1 atom stereocenters. The largest absolute Gasteiger partial charge is 0.392 e. The molecule has 82 valence electrons. The molecule has 0 saturated heterocycles. The van der Waals surface area contributed by atoms with Crippen molar-refractivity contribution in [2.24, 2.45) is 5.92 Å². The van der Waals surface area contributed by atoms with Crippen LogP contribution in [0.4, 0.5) is 0 Å². The van der Waals surface area contributed by atoms with Gasteiger partial charge in [-0.2, -0.15) is 0 Å². The van der Waals surface area contributed by atoms with Crippen LogP contribution in [0.5, 0.6) is 0 Å². The van der Waals surface area contributed by atoms with Gasteiger partial charge in [0.25, 0.3) is 0 Å². The lowest BCUT2D eigenvalue weighted by Crippen LogP contribution is -2.25. The predicted molar refractivity (Wildman–Crippen MR) is 60.5 cm³/mol. The van der Waals surface area contributed by atoms with Crippen LogP contribution in [0, 0.1) is 5.92 Å². The molecule has 0 spiro atoms. The fraction of sp³-hybridized carbons (Fsp3) is 0.615.